The summed E-state index contributed by atoms with van der Waals surface area (Å²) in [6, 6.07) is 16.7. The maximum Gasteiger partial charge on any atom is 0.199 e. The molecule has 0 spiro atoms. The lowest BCUT2D eigenvalue weighted by Gasteiger charge is -2.25. The molecule has 4 aromatic rings. The molecule has 4 aromatic carbocycles. The Balaban J connectivity index is 1.62. The average molecular weight is 541 g/mol. The average Bonchev–Trinajstić information content (AvgIpc) is 2.93. The first-order chi connectivity index (χ1) is 19.3. The predicted octanol–water partition coefficient (Wildman–Crippen LogP) is 5.17. The van der Waals surface area contributed by atoms with E-state index in [1.165, 1.54) is 12.1 Å². The Labute approximate surface area is 230 Å². The Morgan fingerprint density at radius 3 is 1.25 bits per heavy atom. The first kappa shape index (κ1) is 26.2. The Kier molecular flexibility index (Phi) is 6.83. The van der Waals surface area contributed by atoms with Crippen molar-refractivity contribution in [2.45, 2.75) is 13.8 Å². The van der Waals surface area contributed by atoms with Crippen LogP contribution in [0, 0.1) is 0 Å². The largest absolute Gasteiger partial charge is 0.490 e. The van der Waals surface area contributed by atoms with Crippen molar-refractivity contribution in [3.8, 4) is 34.5 Å². The molecule has 0 heterocycles. The van der Waals surface area contributed by atoms with Crippen LogP contribution in [0.5, 0.6) is 34.5 Å². The lowest BCUT2D eigenvalue weighted by molar-refractivity contribution is 0.0981. The lowest BCUT2D eigenvalue weighted by atomic mass is 9.80. The molecule has 5 rings (SSSR count). The van der Waals surface area contributed by atoms with Crippen molar-refractivity contribution in [1.82, 2.24) is 0 Å². The van der Waals surface area contributed by atoms with Crippen molar-refractivity contribution in [2.75, 3.05) is 36.1 Å². The maximum absolute atomic E-state index is 14.0. The molecule has 0 aliphatic heterocycles. The van der Waals surface area contributed by atoms with E-state index in [1.807, 2.05) is 13.8 Å². The second-order valence-corrected chi connectivity index (χ2v) is 8.88. The summed E-state index contributed by atoms with van der Waals surface area (Å²) in [5.41, 5.74) is 24.9. The van der Waals surface area contributed by atoms with Gasteiger partial charge in [-0.25, -0.2) is 0 Å². The summed E-state index contributed by atoms with van der Waals surface area (Å²) in [6.45, 7) is 4.50. The topological polar surface area (TPSA) is 175 Å². The van der Waals surface area contributed by atoms with Crippen LogP contribution in [0.25, 0.3) is 0 Å². The molecule has 0 bridgehead atoms. The van der Waals surface area contributed by atoms with E-state index in [9.17, 15) is 9.59 Å². The number of carbonyl (C=O) groups is 2. The van der Waals surface area contributed by atoms with Crippen molar-refractivity contribution in [3.05, 3.63) is 82.9 Å². The molecular formula is C30H28N4O6. The summed E-state index contributed by atoms with van der Waals surface area (Å²) in [6.07, 6.45) is 0. The fourth-order valence-corrected chi connectivity index (χ4v) is 4.62. The highest BCUT2D eigenvalue weighted by atomic mass is 16.5. The van der Waals surface area contributed by atoms with Gasteiger partial charge in [0.15, 0.2) is 46.1 Å². The van der Waals surface area contributed by atoms with Crippen molar-refractivity contribution >= 4 is 34.3 Å². The predicted molar refractivity (Wildman–Crippen MR) is 153 cm³/mol. The van der Waals surface area contributed by atoms with Crippen LogP contribution in [0.2, 0.25) is 0 Å². The van der Waals surface area contributed by atoms with Crippen molar-refractivity contribution in [3.63, 3.8) is 0 Å². The van der Waals surface area contributed by atoms with Crippen LogP contribution >= 0.6 is 0 Å². The fourth-order valence-electron chi connectivity index (χ4n) is 4.62. The molecule has 8 N–H and O–H groups in total. The van der Waals surface area contributed by atoms with Crippen molar-refractivity contribution in [2.24, 2.45) is 0 Å². The summed E-state index contributed by atoms with van der Waals surface area (Å²) in [5, 5.41) is 0. The van der Waals surface area contributed by atoms with E-state index in [4.69, 9.17) is 41.9 Å². The van der Waals surface area contributed by atoms with Gasteiger partial charge in [0.05, 0.1) is 46.8 Å². The number of nitrogen functional groups attached to an aromatic ring is 4. The van der Waals surface area contributed by atoms with Gasteiger partial charge in [-0.2, -0.15) is 0 Å². The minimum absolute atomic E-state index is 0.000954. The van der Waals surface area contributed by atoms with Crippen molar-refractivity contribution in [1.29, 1.82) is 0 Å². The first-order valence-corrected chi connectivity index (χ1v) is 12.6. The highest BCUT2D eigenvalue weighted by Gasteiger charge is 2.39. The van der Waals surface area contributed by atoms with E-state index in [2.05, 4.69) is 0 Å². The van der Waals surface area contributed by atoms with E-state index in [0.29, 0.717) is 36.2 Å². The smallest absolute Gasteiger partial charge is 0.199 e. The molecule has 0 saturated carbocycles. The Morgan fingerprint density at radius 1 is 0.525 bits per heavy atom. The zero-order chi connectivity index (χ0) is 28.6. The number of benzene rings is 4. The van der Waals surface area contributed by atoms with Gasteiger partial charge in [-0.3, -0.25) is 9.59 Å². The third-order valence-electron chi connectivity index (χ3n) is 6.37. The molecule has 0 fully saturated rings. The monoisotopic (exact) mass is 540 g/mol. The quantitative estimate of drug-likeness (QED) is 0.192. The van der Waals surface area contributed by atoms with Gasteiger partial charge < -0.3 is 41.9 Å². The van der Waals surface area contributed by atoms with E-state index in [1.54, 1.807) is 48.5 Å². The van der Waals surface area contributed by atoms with Crippen LogP contribution < -0.4 is 41.9 Å². The van der Waals surface area contributed by atoms with Crippen LogP contribution in [0.3, 0.4) is 0 Å². The minimum Gasteiger partial charge on any atom is -0.490 e. The summed E-state index contributed by atoms with van der Waals surface area (Å²) >= 11 is 0. The van der Waals surface area contributed by atoms with Gasteiger partial charge in [0.25, 0.3) is 0 Å². The van der Waals surface area contributed by atoms with Gasteiger partial charge in [0.2, 0.25) is 0 Å². The molecule has 10 nitrogen and oxygen atoms in total. The zero-order valence-corrected chi connectivity index (χ0v) is 21.9. The molecule has 0 amide bonds. The highest BCUT2D eigenvalue weighted by Crippen LogP contribution is 2.47. The molecule has 40 heavy (non-hydrogen) atoms. The number of hydrogen-bond donors (Lipinski definition) is 4. The Hall–Kier alpha value is -5.38. The van der Waals surface area contributed by atoms with Crippen LogP contribution in [0.4, 0.5) is 22.7 Å². The first-order valence-electron chi connectivity index (χ1n) is 12.6. The molecule has 204 valence electrons. The van der Waals surface area contributed by atoms with Gasteiger partial charge in [0.1, 0.15) is 0 Å². The molecule has 0 unspecified atom stereocenters. The fraction of sp³-hybridized carbons (Fsp3) is 0.133. The highest BCUT2D eigenvalue weighted by molar-refractivity contribution is 6.35. The molecule has 10 heteroatoms. The van der Waals surface area contributed by atoms with Crippen LogP contribution in [-0.4, -0.2) is 24.8 Å². The third-order valence-corrected chi connectivity index (χ3v) is 6.37. The third kappa shape index (κ3) is 4.35. The second-order valence-electron chi connectivity index (χ2n) is 8.88. The summed E-state index contributed by atoms with van der Waals surface area (Å²) in [5.74, 6) is 0.607. The van der Waals surface area contributed by atoms with E-state index in [0.717, 1.165) is 0 Å². The molecule has 1 aliphatic carbocycles. The summed E-state index contributed by atoms with van der Waals surface area (Å²) in [4.78, 5) is 27.6. The zero-order valence-electron chi connectivity index (χ0n) is 21.9. The number of hydrogen-bond acceptors (Lipinski definition) is 10. The standard InChI is InChI=1S/C30H28N4O6/c1-3-37-17-9-5-7-11-19(17)39-21-13-15(31)23-25(27(21)33)30(36)26-24(29(23)35)16(32)14-22(28(26)34)40-20-12-8-6-10-18(20)38-4-2/h5-14H,3-4,31-34H2,1-2H3. The van der Waals surface area contributed by atoms with Gasteiger partial charge in [-0.1, -0.05) is 24.3 Å². The number of fused-ring (bicyclic) bond motifs is 2. The van der Waals surface area contributed by atoms with Gasteiger partial charge in [0, 0.05) is 23.5 Å². The van der Waals surface area contributed by atoms with Gasteiger partial charge >= 0.3 is 0 Å². The number of anilines is 4. The normalized spacial score (nSPS) is 11.9. The number of rotatable bonds is 8. The van der Waals surface area contributed by atoms with E-state index in [-0.39, 0.29) is 56.5 Å². The van der Waals surface area contributed by atoms with Crippen LogP contribution in [0.1, 0.15) is 45.7 Å². The van der Waals surface area contributed by atoms with Gasteiger partial charge in [-0.05, 0) is 38.1 Å². The lowest BCUT2D eigenvalue weighted by Crippen LogP contribution is -2.26. The number of nitrogens with two attached hydrogens (primary N) is 4. The van der Waals surface area contributed by atoms with Crippen molar-refractivity contribution < 1.29 is 28.5 Å². The SMILES string of the molecule is CCOc1ccccc1Oc1cc(N)c2c(c1N)C(=O)c1c(N)c(Oc3ccccc3OCC)cc(N)c1C2=O. The number of para-hydroxylation sites is 4. The molecule has 1 aliphatic rings. The number of ether oxygens (including phenoxy) is 4. The molecule has 0 saturated heterocycles. The van der Waals surface area contributed by atoms with E-state index >= 15 is 0 Å². The Bertz CT molecular complexity index is 1550. The molecule has 0 radical (unpaired) electrons. The molecular weight excluding hydrogens is 512 g/mol. The summed E-state index contributed by atoms with van der Waals surface area (Å²) < 4.78 is 23.3. The van der Waals surface area contributed by atoms with Crippen LogP contribution in [-0.2, 0) is 0 Å². The summed E-state index contributed by atoms with van der Waals surface area (Å²) in [7, 11) is 0. The maximum atomic E-state index is 14.0. The number of ketones is 2. The Morgan fingerprint density at radius 2 is 0.875 bits per heavy atom. The van der Waals surface area contributed by atoms with Crippen LogP contribution in [0.15, 0.2) is 60.7 Å². The minimum atomic E-state index is -0.634. The second kappa shape index (κ2) is 10.4. The molecule has 0 atom stereocenters. The number of carbonyl (C=O) groups excluding carboxylic acids is 2. The van der Waals surface area contributed by atoms with E-state index < -0.39 is 11.6 Å². The van der Waals surface area contributed by atoms with Gasteiger partial charge in [-0.15, -0.1) is 0 Å². The molecule has 0 aromatic heterocycles.